The Hall–Kier alpha value is -1.97. The minimum absolute atomic E-state index is 0.0764. The summed E-state index contributed by atoms with van der Waals surface area (Å²) in [4.78, 5) is 38.4. The average Bonchev–Trinajstić information content (AvgIpc) is 3.35. The van der Waals surface area contributed by atoms with Gasteiger partial charge < -0.3 is 0 Å². The average molecular weight is 487 g/mol. The second-order valence-electron chi connectivity index (χ2n) is 9.00. The van der Waals surface area contributed by atoms with E-state index in [-0.39, 0.29) is 11.1 Å². The smallest absolute Gasteiger partial charge is 0.263 e. The first-order chi connectivity index (χ1) is 15.4. The zero-order chi connectivity index (χ0) is 22.4. The minimum Gasteiger partial charge on any atom is -0.287 e. The second-order valence-corrected chi connectivity index (χ2v) is 11.9. The van der Waals surface area contributed by atoms with Crippen molar-refractivity contribution in [2.45, 2.75) is 63.9 Å². The summed E-state index contributed by atoms with van der Waals surface area (Å²) in [5.74, 6) is 1.66. The Kier molecular flexibility index (Phi) is 5.98. The van der Waals surface area contributed by atoms with E-state index in [2.05, 4.69) is 25.8 Å². The highest BCUT2D eigenvalue weighted by Crippen LogP contribution is 2.36. The van der Waals surface area contributed by atoms with Gasteiger partial charge >= 0.3 is 0 Å². The molecule has 32 heavy (non-hydrogen) atoms. The van der Waals surface area contributed by atoms with E-state index in [1.54, 1.807) is 28.0 Å². The van der Waals surface area contributed by atoms with E-state index in [1.807, 2.05) is 9.95 Å². The number of rotatable bonds is 6. The molecule has 0 saturated carbocycles. The van der Waals surface area contributed by atoms with E-state index in [9.17, 15) is 9.59 Å². The Balaban J connectivity index is 1.54. The molecule has 0 radical (unpaired) electrons. The van der Waals surface area contributed by atoms with Gasteiger partial charge in [-0.05, 0) is 43.1 Å². The first kappa shape index (κ1) is 21.9. The molecule has 9 heteroatoms. The van der Waals surface area contributed by atoms with Crippen molar-refractivity contribution in [2.75, 3.05) is 0 Å². The van der Waals surface area contributed by atoms with Crippen LogP contribution in [0.3, 0.4) is 0 Å². The molecule has 6 nitrogen and oxygen atoms in total. The van der Waals surface area contributed by atoms with Crippen LogP contribution in [0.4, 0.5) is 0 Å². The molecule has 0 aromatic carbocycles. The van der Waals surface area contributed by atoms with Crippen LogP contribution in [0.15, 0.2) is 32.4 Å². The minimum atomic E-state index is -0.0764. The maximum atomic E-state index is 13.6. The number of hydrogen-bond acceptors (Lipinski definition) is 7. The molecule has 0 bridgehead atoms. The Labute approximate surface area is 198 Å². The van der Waals surface area contributed by atoms with E-state index in [1.165, 1.54) is 33.5 Å². The van der Waals surface area contributed by atoms with Gasteiger partial charge in [0.05, 0.1) is 11.1 Å². The lowest BCUT2D eigenvalue weighted by Crippen LogP contribution is -2.25. The molecule has 168 valence electrons. The van der Waals surface area contributed by atoms with E-state index in [0.717, 1.165) is 41.1 Å². The van der Waals surface area contributed by atoms with Crippen LogP contribution >= 0.6 is 34.4 Å². The highest BCUT2D eigenvalue weighted by Gasteiger charge is 2.25. The Morgan fingerprint density at radius 1 is 1.28 bits per heavy atom. The lowest BCUT2D eigenvalue weighted by molar-refractivity contribution is 0.480. The molecule has 1 unspecified atom stereocenters. The van der Waals surface area contributed by atoms with Gasteiger partial charge in [-0.2, -0.15) is 0 Å². The second kappa shape index (κ2) is 8.76. The number of fused-ring (bicyclic) bond motifs is 4. The maximum Gasteiger partial charge on any atom is 0.263 e. The molecule has 1 aliphatic carbocycles. The fourth-order valence-corrected chi connectivity index (χ4v) is 7.28. The van der Waals surface area contributed by atoms with E-state index in [4.69, 9.17) is 4.98 Å². The molecule has 0 N–H and O–H groups in total. The Morgan fingerprint density at radius 2 is 2.12 bits per heavy atom. The third kappa shape index (κ3) is 4.06. The number of nitrogens with zero attached hydrogens (tertiary/aromatic N) is 4. The van der Waals surface area contributed by atoms with Gasteiger partial charge in [0.15, 0.2) is 10.1 Å². The molecule has 0 fully saturated rings. The van der Waals surface area contributed by atoms with Crippen LogP contribution in [0.5, 0.6) is 0 Å². The van der Waals surface area contributed by atoms with Crippen LogP contribution in [-0.4, -0.2) is 18.9 Å². The van der Waals surface area contributed by atoms with Crippen molar-refractivity contribution in [3.63, 3.8) is 0 Å². The number of thiophene rings is 1. The lowest BCUT2D eigenvalue weighted by Gasteiger charge is -2.18. The topological polar surface area (TPSA) is 69.3 Å². The molecule has 5 rings (SSSR count). The summed E-state index contributed by atoms with van der Waals surface area (Å²) in [6, 6.07) is 1.58. The van der Waals surface area contributed by atoms with Crippen LogP contribution in [0.25, 0.3) is 15.2 Å². The van der Waals surface area contributed by atoms with Crippen molar-refractivity contribution < 1.29 is 0 Å². The fraction of sp³-hybridized carbons (Fsp3) is 0.478. The highest BCUT2D eigenvalue weighted by atomic mass is 32.2. The third-order valence-electron chi connectivity index (χ3n) is 6.02. The van der Waals surface area contributed by atoms with Crippen molar-refractivity contribution >= 4 is 49.6 Å². The normalized spacial score (nSPS) is 16.3. The molecule has 0 amide bonds. The van der Waals surface area contributed by atoms with Gasteiger partial charge in [-0.15, -0.1) is 22.7 Å². The molecule has 1 aliphatic rings. The first-order valence-electron chi connectivity index (χ1n) is 11.0. The molecular weight excluding hydrogens is 460 g/mol. The monoisotopic (exact) mass is 486 g/mol. The van der Waals surface area contributed by atoms with Crippen LogP contribution in [0, 0.1) is 11.8 Å². The number of aromatic nitrogens is 4. The van der Waals surface area contributed by atoms with Gasteiger partial charge in [-0.25, -0.2) is 9.97 Å². The van der Waals surface area contributed by atoms with Crippen molar-refractivity contribution in [1.82, 2.24) is 18.9 Å². The largest absolute Gasteiger partial charge is 0.287 e. The van der Waals surface area contributed by atoms with Crippen LogP contribution in [0.1, 0.15) is 49.7 Å². The predicted molar refractivity (Wildman–Crippen MR) is 133 cm³/mol. The molecule has 4 aromatic rings. The summed E-state index contributed by atoms with van der Waals surface area (Å²) < 4.78 is 3.41. The first-order valence-corrected chi connectivity index (χ1v) is 13.7. The number of thiazole rings is 1. The van der Waals surface area contributed by atoms with Gasteiger partial charge in [0.2, 0.25) is 0 Å². The molecule has 0 spiro atoms. The summed E-state index contributed by atoms with van der Waals surface area (Å²) in [6.45, 7) is 7.28. The molecular formula is C23H26N4O2S3. The Morgan fingerprint density at radius 3 is 2.94 bits per heavy atom. The van der Waals surface area contributed by atoms with Gasteiger partial charge in [0, 0.05) is 34.8 Å². The number of thioether (sulfide) groups is 1. The number of hydrogen-bond donors (Lipinski definition) is 0. The van der Waals surface area contributed by atoms with Crippen LogP contribution in [-0.2, 0) is 25.1 Å². The molecule has 1 atom stereocenters. The van der Waals surface area contributed by atoms with Crippen LogP contribution < -0.4 is 11.1 Å². The van der Waals surface area contributed by atoms with E-state index < -0.39 is 0 Å². The van der Waals surface area contributed by atoms with Crippen LogP contribution in [0.2, 0.25) is 0 Å². The van der Waals surface area contributed by atoms with E-state index >= 15 is 0 Å². The quantitative estimate of drug-likeness (QED) is 0.284. The summed E-state index contributed by atoms with van der Waals surface area (Å²) in [5, 5.41) is 3.42. The molecule has 0 aliphatic heterocycles. The predicted octanol–water partition coefficient (Wildman–Crippen LogP) is 4.99. The zero-order valence-corrected chi connectivity index (χ0v) is 20.9. The molecule has 0 saturated heterocycles. The lowest BCUT2D eigenvalue weighted by atomic mass is 9.89. The van der Waals surface area contributed by atoms with Gasteiger partial charge in [-0.1, -0.05) is 32.5 Å². The fourth-order valence-electron chi connectivity index (χ4n) is 4.20. The number of aryl methyl sites for hydroxylation is 1. The third-order valence-corrected chi connectivity index (χ3v) is 8.93. The summed E-state index contributed by atoms with van der Waals surface area (Å²) in [7, 11) is 0. The van der Waals surface area contributed by atoms with Crippen molar-refractivity contribution in [3.05, 3.63) is 54.5 Å². The standard InChI is InChI=1S/C23H26N4O2S3/c1-13(2)6-7-27-21(29)19-16-5-4-14(3)10-17(16)32-20(19)25-23(27)31-12-15-11-18(28)26-8-9-30-22(26)24-15/h8-9,11,13-14H,4-7,10,12H2,1-3H3. The SMILES string of the molecule is CC(C)CCn1c(SCc2cc(=O)n3ccsc3n2)nc2sc3c(c2c1=O)CCC(C)C3. The van der Waals surface area contributed by atoms with Crippen molar-refractivity contribution in [3.8, 4) is 0 Å². The summed E-state index contributed by atoms with van der Waals surface area (Å²) in [6.07, 6.45) is 5.81. The van der Waals surface area contributed by atoms with E-state index in [0.29, 0.717) is 34.8 Å². The van der Waals surface area contributed by atoms with Crippen molar-refractivity contribution in [2.24, 2.45) is 11.8 Å². The zero-order valence-electron chi connectivity index (χ0n) is 18.5. The van der Waals surface area contributed by atoms with Gasteiger partial charge in [-0.3, -0.25) is 18.6 Å². The molecule has 4 aromatic heterocycles. The van der Waals surface area contributed by atoms with Gasteiger partial charge in [0.1, 0.15) is 4.83 Å². The van der Waals surface area contributed by atoms with Crippen molar-refractivity contribution in [1.29, 1.82) is 0 Å². The molecule has 4 heterocycles. The highest BCUT2D eigenvalue weighted by molar-refractivity contribution is 7.98. The maximum absolute atomic E-state index is 13.6. The summed E-state index contributed by atoms with van der Waals surface area (Å²) >= 11 is 4.63. The van der Waals surface area contributed by atoms with Gasteiger partial charge in [0.25, 0.3) is 11.1 Å². The summed E-state index contributed by atoms with van der Waals surface area (Å²) in [5.41, 5.74) is 1.96. The Bertz CT molecular complexity index is 1410.